The molecule has 5 heteroatoms. The summed E-state index contributed by atoms with van der Waals surface area (Å²) in [5.41, 5.74) is 2.44. The molecule has 2 N–H and O–H groups in total. The first-order valence-corrected chi connectivity index (χ1v) is 8.40. The quantitative estimate of drug-likeness (QED) is 0.881. The van der Waals surface area contributed by atoms with Crippen LogP contribution in [0, 0.1) is 0 Å². The fourth-order valence-corrected chi connectivity index (χ4v) is 3.98. The zero-order chi connectivity index (χ0) is 15.8. The summed E-state index contributed by atoms with van der Waals surface area (Å²) < 4.78 is 0. The lowest BCUT2D eigenvalue weighted by molar-refractivity contribution is -0.128. The first kappa shape index (κ1) is 14.3. The van der Waals surface area contributed by atoms with E-state index >= 15 is 0 Å². The monoisotopic (exact) mass is 311 g/mol. The largest absolute Gasteiger partial charge is 0.330 e. The number of benzene rings is 1. The lowest BCUT2D eigenvalue weighted by Crippen LogP contribution is -2.44. The third-order valence-corrected chi connectivity index (χ3v) is 5.12. The second-order valence-corrected chi connectivity index (χ2v) is 6.56. The second-order valence-electron chi connectivity index (χ2n) is 6.56. The Balaban J connectivity index is 1.65. The summed E-state index contributed by atoms with van der Waals surface area (Å²) in [5.74, 6) is 0.0771. The van der Waals surface area contributed by atoms with Crippen LogP contribution in [-0.2, 0) is 4.79 Å². The van der Waals surface area contributed by atoms with Crippen molar-refractivity contribution in [3.05, 3.63) is 47.2 Å². The lowest BCUT2D eigenvalue weighted by Gasteiger charge is -2.31. The van der Waals surface area contributed by atoms with Crippen molar-refractivity contribution < 1.29 is 9.59 Å². The van der Waals surface area contributed by atoms with Crippen LogP contribution in [0.15, 0.2) is 41.6 Å². The van der Waals surface area contributed by atoms with Gasteiger partial charge in [-0.05, 0) is 18.4 Å². The van der Waals surface area contributed by atoms with Crippen LogP contribution in [0.25, 0.3) is 0 Å². The Morgan fingerprint density at radius 3 is 2.48 bits per heavy atom. The Labute approximate surface area is 135 Å². The SMILES string of the molecule is O=C1NC2=C(C(=O)N(C3CCCCC3)C2)C(c2ccccc2)N1. The average molecular weight is 311 g/mol. The minimum atomic E-state index is -0.346. The van der Waals surface area contributed by atoms with Crippen molar-refractivity contribution in [1.82, 2.24) is 15.5 Å². The number of urea groups is 1. The van der Waals surface area contributed by atoms with Gasteiger partial charge in [-0.3, -0.25) is 4.79 Å². The second kappa shape index (κ2) is 5.72. The van der Waals surface area contributed by atoms with Gasteiger partial charge in [-0.1, -0.05) is 49.6 Å². The molecule has 3 aliphatic rings. The third kappa shape index (κ3) is 2.50. The number of carbonyl (C=O) groups is 2. The average Bonchev–Trinajstić information content (AvgIpc) is 2.92. The van der Waals surface area contributed by atoms with Gasteiger partial charge in [0.15, 0.2) is 0 Å². The van der Waals surface area contributed by atoms with E-state index in [0.29, 0.717) is 18.2 Å². The summed E-state index contributed by atoms with van der Waals surface area (Å²) in [6.45, 7) is 0.537. The van der Waals surface area contributed by atoms with Crippen LogP contribution < -0.4 is 10.6 Å². The number of nitrogens with zero attached hydrogens (tertiary/aromatic N) is 1. The topological polar surface area (TPSA) is 61.4 Å². The van der Waals surface area contributed by atoms with Gasteiger partial charge >= 0.3 is 6.03 Å². The highest BCUT2D eigenvalue weighted by Gasteiger charge is 2.42. The van der Waals surface area contributed by atoms with Crippen LogP contribution in [0.4, 0.5) is 4.79 Å². The highest BCUT2D eigenvalue weighted by atomic mass is 16.2. The fraction of sp³-hybridized carbons (Fsp3) is 0.444. The van der Waals surface area contributed by atoms with Crippen LogP contribution in [0.2, 0.25) is 0 Å². The van der Waals surface area contributed by atoms with Crippen molar-refractivity contribution in [3.63, 3.8) is 0 Å². The van der Waals surface area contributed by atoms with E-state index in [1.54, 1.807) is 0 Å². The molecule has 120 valence electrons. The van der Waals surface area contributed by atoms with Crippen molar-refractivity contribution in [2.45, 2.75) is 44.2 Å². The summed E-state index contributed by atoms with van der Waals surface area (Å²) in [5, 5.41) is 5.75. The molecule has 0 bridgehead atoms. The molecule has 1 saturated carbocycles. The maximum Gasteiger partial charge on any atom is 0.319 e. The Morgan fingerprint density at radius 1 is 1.00 bits per heavy atom. The van der Waals surface area contributed by atoms with Crippen LogP contribution in [-0.4, -0.2) is 29.4 Å². The Kier molecular flexibility index (Phi) is 3.56. The number of rotatable bonds is 2. The number of hydrogen-bond donors (Lipinski definition) is 2. The highest BCUT2D eigenvalue weighted by molar-refractivity contribution is 6.01. The van der Waals surface area contributed by atoms with Crippen molar-refractivity contribution in [2.24, 2.45) is 0 Å². The normalized spacial score (nSPS) is 25.2. The first-order valence-electron chi connectivity index (χ1n) is 8.40. The van der Waals surface area contributed by atoms with Crippen LogP contribution in [0.5, 0.6) is 0 Å². The summed E-state index contributed by atoms with van der Waals surface area (Å²) >= 11 is 0. The molecule has 1 aromatic carbocycles. The standard InChI is InChI=1S/C18H21N3O2/c22-17-15-14(11-21(17)13-9-5-2-6-10-13)19-18(23)20-16(15)12-7-3-1-4-8-12/h1,3-4,7-8,13,16H,2,5-6,9-11H2,(H2,19,20,23). The molecule has 2 heterocycles. The molecule has 1 fully saturated rings. The fourth-order valence-electron chi connectivity index (χ4n) is 3.98. The minimum Gasteiger partial charge on any atom is -0.330 e. The van der Waals surface area contributed by atoms with Crippen molar-refractivity contribution in [3.8, 4) is 0 Å². The Bertz CT molecular complexity index is 662. The smallest absolute Gasteiger partial charge is 0.319 e. The van der Waals surface area contributed by atoms with E-state index in [0.717, 1.165) is 24.1 Å². The van der Waals surface area contributed by atoms with Crippen LogP contribution in [0.1, 0.15) is 43.7 Å². The van der Waals surface area contributed by atoms with Crippen molar-refractivity contribution in [2.75, 3.05) is 6.54 Å². The lowest BCUT2D eigenvalue weighted by atomic mass is 9.93. The molecule has 0 saturated heterocycles. The van der Waals surface area contributed by atoms with Gasteiger partial charge < -0.3 is 15.5 Å². The van der Waals surface area contributed by atoms with E-state index in [2.05, 4.69) is 10.6 Å². The van der Waals surface area contributed by atoms with Gasteiger partial charge in [0.25, 0.3) is 5.91 Å². The van der Waals surface area contributed by atoms with Gasteiger partial charge in [-0.2, -0.15) is 0 Å². The zero-order valence-corrected chi connectivity index (χ0v) is 13.0. The van der Waals surface area contributed by atoms with E-state index in [9.17, 15) is 9.59 Å². The summed E-state index contributed by atoms with van der Waals surface area (Å²) in [6.07, 6.45) is 5.78. The van der Waals surface area contributed by atoms with Gasteiger partial charge in [-0.25, -0.2) is 4.79 Å². The molecular formula is C18H21N3O2. The summed E-state index contributed by atoms with van der Waals surface area (Å²) in [7, 11) is 0. The zero-order valence-electron chi connectivity index (χ0n) is 13.0. The predicted molar refractivity (Wildman–Crippen MR) is 86.5 cm³/mol. The number of carbonyl (C=O) groups excluding carboxylic acids is 2. The van der Waals surface area contributed by atoms with Crippen LogP contribution in [0.3, 0.4) is 0 Å². The van der Waals surface area contributed by atoms with Crippen molar-refractivity contribution in [1.29, 1.82) is 0 Å². The Morgan fingerprint density at radius 2 is 1.74 bits per heavy atom. The van der Waals surface area contributed by atoms with E-state index in [4.69, 9.17) is 0 Å². The van der Waals surface area contributed by atoms with Crippen LogP contribution >= 0.6 is 0 Å². The van der Waals surface area contributed by atoms with E-state index in [1.807, 2.05) is 35.2 Å². The first-order chi connectivity index (χ1) is 11.2. The molecule has 0 radical (unpaired) electrons. The van der Waals surface area contributed by atoms with E-state index < -0.39 is 0 Å². The molecule has 2 aliphatic heterocycles. The Hall–Kier alpha value is -2.30. The molecule has 0 spiro atoms. The van der Waals surface area contributed by atoms with E-state index in [1.165, 1.54) is 19.3 Å². The van der Waals surface area contributed by atoms with Gasteiger partial charge in [0.1, 0.15) is 0 Å². The van der Waals surface area contributed by atoms with Crippen molar-refractivity contribution >= 4 is 11.9 Å². The molecule has 5 nitrogen and oxygen atoms in total. The van der Waals surface area contributed by atoms with E-state index in [-0.39, 0.29) is 18.0 Å². The van der Waals surface area contributed by atoms with Gasteiger partial charge in [-0.15, -0.1) is 0 Å². The molecule has 1 atom stereocenters. The third-order valence-electron chi connectivity index (χ3n) is 5.12. The molecule has 1 aromatic rings. The molecule has 1 aliphatic carbocycles. The summed E-state index contributed by atoms with van der Waals surface area (Å²) in [4.78, 5) is 27.0. The predicted octanol–water partition coefficient (Wildman–Crippen LogP) is 2.47. The van der Waals surface area contributed by atoms with Gasteiger partial charge in [0.05, 0.1) is 23.9 Å². The molecule has 23 heavy (non-hydrogen) atoms. The summed E-state index contributed by atoms with van der Waals surface area (Å²) in [6, 6.07) is 9.46. The molecular weight excluding hydrogens is 290 g/mol. The highest BCUT2D eigenvalue weighted by Crippen LogP contribution is 2.35. The number of hydrogen-bond acceptors (Lipinski definition) is 2. The number of amides is 3. The molecule has 1 unspecified atom stereocenters. The van der Waals surface area contributed by atoms with Gasteiger partial charge in [0.2, 0.25) is 0 Å². The minimum absolute atomic E-state index is 0.0771. The molecule has 4 rings (SSSR count). The number of nitrogens with one attached hydrogen (secondary N) is 2. The maximum absolute atomic E-state index is 13.0. The van der Waals surface area contributed by atoms with Gasteiger partial charge in [0, 0.05) is 6.04 Å². The molecule has 0 aromatic heterocycles. The molecule has 3 amide bonds. The maximum atomic E-state index is 13.0.